The predicted molar refractivity (Wildman–Crippen MR) is 88.0 cm³/mol. The molecule has 3 aliphatic rings. The zero-order chi connectivity index (χ0) is 16.1. The quantitative estimate of drug-likeness (QED) is 0.785. The van der Waals surface area contributed by atoms with Crippen molar-refractivity contribution in [3.63, 3.8) is 0 Å². The molecule has 3 aliphatic heterocycles. The van der Waals surface area contributed by atoms with Gasteiger partial charge in [0.1, 0.15) is 23.5 Å². The fraction of sp³-hybridized carbons (Fsp3) is 0.632. The van der Waals surface area contributed by atoms with Crippen molar-refractivity contribution in [1.82, 2.24) is 4.90 Å². The van der Waals surface area contributed by atoms with E-state index in [0.29, 0.717) is 23.6 Å². The second kappa shape index (κ2) is 5.52. The molecule has 0 radical (unpaired) electrons. The van der Waals surface area contributed by atoms with Crippen molar-refractivity contribution in [2.24, 2.45) is 0 Å². The average molecular weight is 315 g/mol. The van der Waals surface area contributed by atoms with Crippen LogP contribution in [0.4, 0.5) is 0 Å². The lowest BCUT2D eigenvalue weighted by molar-refractivity contribution is -0.000761. The third-order valence-electron chi connectivity index (χ3n) is 6.09. The molecule has 0 aliphatic carbocycles. The molecule has 2 bridgehead atoms. The van der Waals surface area contributed by atoms with Crippen molar-refractivity contribution in [1.29, 1.82) is 0 Å². The fourth-order valence-corrected chi connectivity index (χ4v) is 4.42. The number of carbonyl (C=O) groups excluding carboxylic acids is 1. The summed E-state index contributed by atoms with van der Waals surface area (Å²) in [5.41, 5.74) is 1.71. The summed E-state index contributed by atoms with van der Waals surface area (Å²) in [7, 11) is 2.20. The molecule has 4 heteroatoms. The van der Waals surface area contributed by atoms with Gasteiger partial charge in [-0.15, -0.1) is 0 Å². The van der Waals surface area contributed by atoms with Crippen molar-refractivity contribution in [2.45, 2.75) is 69.7 Å². The van der Waals surface area contributed by atoms with E-state index in [1.54, 1.807) is 0 Å². The summed E-state index contributed by atoms with van der Waals surface area (Å²) in [6.07, 6.45) is 4.53. The second-order valence-electron chi connectivity index (χ2n) is 7.38. The average Bonchev–Trinajstić information content (AvgIpc) is 2.92. The molecule has 0 spiro atoms. The molecule has 0 N–H and O–H groups in total. The molecule has 4 nitrogen and oxygen atoms in total. The molecule has 2 fully saturated rings. The number of para-hydroxylation sites is 1. The molecule has 3 heterocycles. The van der Waals surface area contributed by atoms with Crippen LogP contribution in [0, 0.1) is 0 Å². The molecule has 1 aromatic carbocycles. The van der Waals surface area contributed by atoms with E-state index < -0.39 is 0 Å². The fourth-order valence-electron chi connectivity index (χ4n) is 4.42. The Kier molecular flexibility index (Phi) is 3.60. The molecule has 0 aromatic heterocycles. The Bertz CT molecular complexity index is 615. The first-order valence-corrected chi connectivity index (χ1v) is 8.77. The molecule has 2 saturated heterocycles. The lowest BCUT2D eigenvalue weighted by Crippen LogP contribution is -2.43. The Morgan fingerprint density at radius 3 is 2.61 bits per heavy atom. The van der Waals surface area contributed by atoms with Gasteiger partial charge in [0.2, 0.25) is 0 Å². The normalized spacial score (nSPS) is 35.7. The van der Waals surface area contributed by atoms with Crippen LogP contribution in [0.1, 0.15) is 61.4 Å². The minimum atomic E-state index is -0.225. The van der Waals surface area contributed by atoms with Crippen LogP contribution in [0.15, 0.2) is 18.2 Å². The number of fused-ring (bicyclic) bond motifs is 3. The van der Waals surface area contributed by atoms with E-state index >= 15 is 0 Å². The monoisotopic (exact) mass is 315 g/mol. The summed E-state index contributed by atoms with van der Waals surface area (Å²) < 4.78 is 11.8. The largest absolute Gasteiger partial charge is 0.489 e. The number of piperidine rings is 1. The first kappa shape index (κ1) is 15.0. The van der Waals surface area contributed by atoms with Crippen molar-refractivity contribution in [2.75, 3.05) is 7.05 Å². The molecule has 0 amide bonds. The van der Waals surface area contributed by atoms with Crippen LogP contribution >= 0.6 is 0 Å². The van der Waals surface area contributed by atoms with Crippen LogP contribution in [0.2, 0.25) is 0 Å². The number of hydrogen-bond acceptors (Lipinski definition) is 4. The van der Waals surface area contributed by atoms with Gasteiger partial charge < -0.3 is 14.4 Å². The molecular formula is C19H25NO3. The maximum atomic E-state index is 12.7. The van der Waals surface area contributed by atoms with Crippen molar-refractivity contribution in [3.05, 3.63) is 29.3 Å². The summed E-state index contributed by atoms with van der Waals surface area (Å²) in [5, 5.41) is 0. The molecule has 23 heavy (non-hydrogen) atoms. The highest BCUT2D eigenvalue weighted by molar-refractivity contribution is 5.93. The van der Waals surface area contributed by atoms with E-state index in [0.717, 1.165) is 24.2 Å². The minimum absolute atomic E-state index is 0.0447. The van der Waals surface area contributed by atoms with Crippen molar-refractivity contribution in [3.8, 4) is 5.75 Å². The van der Waals surface area contributed by atoms with E-state index in [2.05, 4.69) is 31.9 Å². The minimum Gasteiger partial charge on any atom is -0.489 e. The van der Waals surface area contributed by atoms with Gasteiger partial charge in [-0.3, -0.25) is 0 Å². The van der Waals surface area contributed by atoms with E-state index in [4.69, 9.17) is 9.47 Å². The Labute approximate surface area is 137 Å². The third-order valence-corrected chi connectivity index (χ3v) is 6.09. The van der Waals surface area contributed by atoms with Crippen LogP contribution in [0.25, 0.3) is 0 Å². The molecule has 5 atom stereocenters. The summed E-state index contributed by atoms with van der Waals surface area (Å²) in [5.74, 6) is 0.822. The van der Waals surface area contributed by atoms with Crippen molar-refractivity contribution < 1.29 is 14.3 Å². The molecule has 0 saturated carbocycles. The van der Waals surface area contributed by atoms with Gasteiger partial charge in [-0.1, -0.05) is 19.1 Å². The van der Waals surface area contributed by atoms with Gasteiger partial charge in [-0.05, 0) is 32.9 Å². The van der Waals surface area contributed by atoms with Gasteiger partial charge in [0.15, 0.2) is 0 Å². The summed E-state index contributed by atoms with van der Waals surface area (Å²) >= 11 is 0. The first-order valence-electron chi connectivity index (χ1n) is 8.77. The van der Waals surface area contributed by atoms with E-state index in [1.165, 1.54) is 12.8 Å². The lowest BCUT2D eigenvalue weighted by atomic mass is 9.97. The van der Waals surface area contributed by atoms with Crippen LogP contribution in [-0.2, 0) is 4.74 Å². The van der Waals surface area contributed by atoms with Gasteiger partial charge >= 0.3 is 5.97 Å². The highest BCUT2D eigenvalue weighted by Gasteiger charge is 2.40. The number of hydrogen-bond donors (Lipinski definition) is 0. The number of rotatable bonds is 2. The topological polar surface area (TPSA) is 38.8 Å². The van der Waals surface area contributed by atoms with E-state index in [1.807, 2.05) is 12.1 Å². The van der Waals surface area contributed by atoms with Crippen LogP contribution < -0.4 is 4.74 Å². The molecule has 124 valence electrons. The van der Waals surface area contributed by atoms with Crippen LogP contribution in [0.5, 0.6) is 5.75 Å². The van der Waals surface area contributed by atoms with Gasteiger partial charge in [0, 0.05) is 36.4 Å². The number of ether oxygens (including phenoxy) is 2. The van der Waals surface area contributed by atoms with Crippen molar-refractivity contribution >= 4 is 5.97 Å². The Hall–Kier alpha value is -1.55. The number of benzene rings is 1. The standard InChI is InChI=1S/C19H25NO3/c1-11-12(2)22-18-16(11)5-4-6-17(18)19(21)23-15-9-13-7-8-14(10-15)20(13)3/h4-6,11-15H,7-10H2,1-3H3/t11-,12-,13-,14+,15?/m1/s1. The maximum Gasteiger partial charge on any atom is 0.342 e. The summed E-state index contributed by atoms with van der Waals surface area (Å²) in [4.78, 5) is 15.1. The SMILES string of the molecule is C[C@H]1Oc2c(C(=O)OC3C[C@H]4CC[C@@H](C3)N4C)cccc2[C@@H]1C. The third kappa shape index (κ3) is 2.44. The maximum absolute atomic E-state index is 12.7. The predicted octanol–water partition coefficient (Wildman–Crippen LogP) is 3.35. The molecule has 1 aromatic rings. The van der Waals surface area contributed by atoms with Gasteiger partial charge in [0.25, 0.3) is 0 Å². The highest BCUT2D eigenvalue weighted by atomic mass is 16.5. The molecule has 4 rings (SSSR count). The lowest BCUT2D eigenvalue weighted by Gasteiger charge is -2.35. The summed E-state index contributed by atoms with van der Waals surface area (Å²) in [6.45, 7) is 4.19. The van der Waals surface area contributed by atoms with E-state index in [-0.39, 0.29) is 18.2 Å². The summed E-state index contributed by atoms with van der Waals surface area (Å²) in [6, 6.07) is 6.96. The Balaban J connectivity index is 1.51. The zero-order valence-electron chi connectivity index (χ0n) is 14.1. The zero-order valence-corrected chi connectivity index (χ0v) is 14.1. The number of esters is 1. The highest BCUT2D eigenvalue weighted by Crippen LogP contribution is 2.41. The van der Waals surface area contributed by atoms with Gasteiger partial charge in [0.05, 0.1) is 0 Å². The van der Waals surface area contributed by atoms with Gasteiger partial charge in [-0.2, -0.15) is 0 Å². The molecule has 1 unspecified atom stereocenters. The van der Waals surface area contributed by atoms with Gasteiger partial charge in [-0.25, -0.2) is 4.79 Å². The number of carbonyl (C=O) groups is 1. The van der Waals surface area contributed by atoms with Crippen LogP contribution in [-0.4, -0.2) is 42.2 Å². The number of nitrogens with zero attached hydrogens (tertiary/aromatic N) is 1. The van der Waals surface area contributed by atoms with Crippen LogP contribution in [0.3, 0.4) is 0 Å². The Morgan fingerprint density at radius 1 is 1.22 bits per heavy atom. The smallest absolute Gasteiger partial charge is 0.342 e. The second-order valence-corrected chi connectivity index (χ2v) is 7.38. The molecular weight excluding hydrogens is 290 g/mol. The first-order chi connectivity index (χ1) is 11.0. The Morgan fingerprint density at radius 2 is 1.91 bits per heavy atom. The van der Waals surface area contributed by atoms with E-state index in [9.17, 15) is 4.79 Å².